The number of hydrogen-bond donors (Lipinski definition) is 3. The zero-order chi connectivity index (χ0) is 22.8. The molecule has 0 bridgehead atoms. The van der Waals surface area contributed by atoms with E-state index in [1.165, 1.54) is 18.5 Å². The van der Waals surface area contributed by atoms with Crippen LogP contribution in [0.25, 0.3) is 5.57 Å². The summed E-state index contributed by atoms with van der Waals surface area (Å²) >= 11 is 0. The van der Waals surface area contributed by atoms with Crippen molar-refractivity contribution < 1.29 is 9.53 Å². The summed E-state index contributed by atoms with van der Waals surface area (Å²) < 4.78 is 5.36. The number of carbonyl (C=O) groups is 1. The number of aromatic nitrogens is 1. The third-order valence-corrected chi connectivity index (χ3v) is 5.15. The first-order valence-corrected chi connectivity index (χ1v) is 10.3. The number of rotatable bonds is 8. The number of nitriles is 1. The van der Waals surface area contributed by atoms with Crippen molar-refractivity contribution in [3.05, 3.63) is 77.3 Å². The zero-order valence-corrected chi connectivity index (χ0v) is 17.8. The minimum Gasteiger partial charge on any atom is -0.404 e. The summed E-state index contributed by atoms with van der Waals surface area (Å²) in [7, 11) is 0. The maximum Gasteiger partial charge on any atom is 0.248 e. The van der Waals surface area contributed by atoms with Crippen molar-refractivity contribution in [2.45, 2.75) is 13.0 Å². The van der Waals surface area contributed by atoms with Crippen LogP contribution in [0, 0.1) is 16.7 Å². The fourth-order valence-electron chi connectivity index (χ4n) is 3.46. The molecule has 1 aromatic carbocycles. The van der Waals surface area contributed by atoms with Crippen molar-refractivity contribution in [2.75, 3.05) is 31.6 Å². The third-order valence-electron chi connectivity index (χ3n) is 5.15. The number of carbonyl (C=O) groups excluding carboxylic acids is 1. The Labute approximate surface area is 187 Å². The Morgan fingerprint density at radius 1 is 1.31 bits per heavy atom. The topological polar surface area (TPSA) is 128 Å². The van der Waals surface area contributed by atoms with E-state index in [0.29, 0.717) is 43.0 Å². The van der Waals surface area contributed by atoms with Gasteiger partial charge in [0.1, 0.15) is 0 Å². The van der Waals surface area contributed by atoms with Gasteiger partial charge < -0.3 is 21.2 Å². The third kappa shape index (κ3) is 6.11. The molecule has 0 unspecified atom stereocenters. The summed E-state index contributed by atoms with van der Waals surface area (Å²) in [6.07, 6.45) is 9.52. The molecule has 2 heterocycles. The maximum absolute atomic E-state index is 12.3. The van der Waals surface area contributed by atoms with Gasteiger partial charge in [0.05, 0.1) is 24.8 Å². The number of nitrogens with two attached hydrogens (primary N) is 1. The molecule has 3 rings (SSSR count). The molecule has 1 aliphatic rings. The summed E-state index contributed by atoms with van der Waals surface area (Å²) in [4.78, 5) is 18.7. The Balaban J connectivity index is 1.62. The lowest BCUT2D eigenvalue weighted by molar-refractivity contribution is -0.111. The van der Waals surface area contributed by atoms with Gasteiger partial charge in [0.15, 0.2) is 0 Å². The van der Waals surface area contributed by atoms with Crippen molar-refractivity contribution >= 4 is 23.4 Å². The van der Waals surface area contributed by atoms with Crippen LogP contribution in [0.2, 0.25) is 0 Å². The molecule has 0 atom stereocenters. The van der Waals surface area contributed by atoms with Gasteiger partial charge >= 0.3 is 0 Å². The van der Waals surface area contributed by atoms with E-state index in [4.69, 9.17) is 15.9 Å². The molecule has 8 nitrogen and oxygen atoms in total. The summed E-state index contributed by atoms with van der Waals surface area (Å²) in [5.41, 5.74) is 9.88. The lowest BCUT2D eigenvalue weighted by Gasteiger charge is -2.26. The Bertz CT molecular complexity index is 1060. The first-order valence-electron chi connectivity index (χ1n) is 10.3. The predicted molar refractivity (Wildman–Crippen MR) is 124 cm³/mol. The van der Waals surface area contributed by atoms with Gasteiger partial charge in [-0.3, -0.25) is 14.7 Å². The minimum atomic E-state index is -0.290. The largest absolute Gasteiger partial charge is 0.404 e. The zero-order valence-electron chi connectivity index (χ0n) is 17.8. The van der Waals surface area contributed by atoms with Gasteiger partial charge in [-0.05, 0) is 47.4 Å². The van der Waals surface area contributed by atoms with E-state index in [9.17, 15) is 10.1 Å². The van der Waals surface area contributed by atoms with Gasteiger partial charge in [-0.1, -0.05) is 12.1 Å². The number of benzene rings is 1. The van der Waals surface area contributed by atoms with E-state index >= 15 is 0 Å². The van der Waals surface area contributed by atoms with Gasteiger partial charge in [0.2, 0.25) is 5.91 Å². The highest BCUT2D eigenvalue weighted by Crippen LogP contribution is 2.19. The van der Waals surface area contributed by atoms with Crippen LogP contribution in [0.4, 0.5) is 5.69 Å². The summed E-state index contributed by atoms with van der Waals surface area (Å²) in [6, 6.07) is 9.40. The first kappa shape index (κ1) is 22.9. The lowest BCUT2D eigenvalue weighted by Crippen LogP contribution is -2.35. The average molecular weight is 431 g/mol. The van der Waals surface area contributed by atoms with Crippen molar-refractivity contribution in [3.8, 4) is 6.07 Å². The molecule has 1 aliphatic heterocycles. The molecular weight excluding hydrogens is 404 g/mol. The fraction of sp³-hybridized carbons (Fsp3) is 0.250. The standard InChI is InChI=1S/C24H26N6O2/c25-13-20-12-22(5-4-19(20)17-30-8-10-32-11-9-30)29-24(31)3-1-2-18-16-28-7-6-23(18)21(14-26)15-27/h1,3-7,12,14-16,26H,2,8-11,17,27H2,(H,29,31)/b3-1+,21-15+,26-14?. The van der Waals surface area contributed by atoms with Crippen molar-refractivity contribution in [1.82, 2.24) is 9.88 Å². The van der Waals surface area contributed by atoms with E-state index in [-0.39, 0.29) is 5.91 Å². The molecule has 0 aliphatic carbocycles. The highest BCUT2D eigenvalue weighted by Gasteiger charge is 2.13. The Morgan fingerprint density at radius 3 is 2.84 bits per heavy atom. The molecule has 0 saturated carbocycles. The second kappa shape index (κ2) is 11.6. The highest BCUT2D eigenvalue weighted by molar-refractivity contribution is 6.08. The number of nitrogens with one attached hydrogen (secondary N) is 2. The number of anilines is 1. The molecule has 1 saturated heterocycles. The van der Waals surface area contributed by atoms with Crippen LogP contribution in [0.1, 0.15) is 22.3 Å². The number of nitrogens with zero attached hydrogens (tertiary/aromatic N) is 3. The normalized spacial score (nSPS) is 14.8. The van der Waals surface area contributed by atoms with Gasteiger partial charge in [-0.2, -0.15) is 5.26 Å². The molecule has 0 spiro atoms. The molecule has 32 heavy (non-hydrogen) atoms. The second-order valence-corrected chi connectivity index (χ2v) is 7.27. The van der Waals surface area contributed by atoms with E-state index < -0.39 is 0 Å². The van der Waals surface area contributed by atoms with Crippen LogP contribution in [0.15, 0.2) is 55.0 Å². The Hall–Kier alpha value is -3.80. The van der Waals surface area contributed by atoms with Gasteiger partial charge in [0, 0.05) is 55.7 Å². The van der Waals surface area contributed by atoms with Crippen LogP contribution in [0.5, 0.6) is 0 Å². The van der Waals surface area contributed by atoms with Crippen LogP contribution in [0.3, 0.4) is 0 Å². The highest BCUT2D eigenvalue weighted by atomic mass is 16.5. The second-order valence-electron chi connectivity index (χ2n) is 7.27. The fourth-order valence-corrected chi connectivity index (χ4v) is 3.46. The molecule has 0 radical (unpaired) electrons. The summed E-state index contributed by atoms with van der Waals surface area (Å²) in [5, 5.41) is 19.8. The summed E-state index contributed by atoms with van der Waals surface area (Å²) in [6.45, 7) is 3.77. The molecule has 164 valence electrons. The number of amides is 1. The van der Waals surface area contributed by atoms with E-state index in [1.807, 2.05) is 12.1 Å². The smallest absolute Gasteiger partial charge is 0.248 e. The van der Waals surface area contributed by atoms with Crippen LogP contribution < -0.4 is 11.1 Å². The summed E-state index contributed by atoms with van der Waals surface area (Å²) in [5.74, 6) is -0.290. The van der Waals surface area contributed by atoms with Crippen molar-refractivity contribution in [1.29, 1.82) is 10.7 Å². The molecule has 1 fully saturated rings. The Kier molecular flexibility index (Phi) is 8.26. The van der Waals surface area contributed by atoms with E-state index in [1.54, 1.807) is 30.6 Å². The van der Waals surface area contributed by atoms with Gasteiger partial charge in [-0.25, -0.2) is 0 Å². The minimum absolute atomic E-state index is 0.290. The van der Waals surface area contributed by atoms with Crippen LogP contribution in [-0.2, 0) is 22.5 Å². The average Bonchev–Trinajstić information content (AvgIpc) is 2.82. The van der Waals surface area contributed by atoms with Crippen LogP contribution >= 0.6 is 0 Å². The number of hydrogen-bond acceptors (Lipinski definition) is 7. The molecule has 1 amide bonds. The monoisotopic (exact) mass is 430 g/mol. The van der Waals surface area contributed by atoms with E-state index in [0.717, 1.165) is 29.8 Å². The number of ether oxygens (including phenoxy) is 1. The molecular formula is C24H26N6O2. The molecule has 4 N–H and O–H groups in total. The van der Waals surface area contributed by atoms with Crippen molar-refractivity contribution in [2.24, 2.45) is 5.73 Å². The molecule has 1 aromatic heterocycles. The molecule has 8 heteroatoms. The van der Waals surface area contributed by atoms with E-state index in [2.05, 4.69) is 21.3 Å². The Morgan fingerprint density at radius 2 is 2.12 bits per heavy atom. The molecule has 2 aromatic rings. The van der Waals surface area contributed by atoms with Crippen molar-refractivity contribution in [3.63, 3.8) is 0 Å². The van der Waals surface area contributed by atoms with Crippen LogP contribution in [-0.4, -0.2) is 48.3 Å². The number of allylic oxidation sites excluding steroid dienone is 2. The predicted octanol–water partition coefficient (Wildman–Crippen LogP) is 2.47. The number of morpholine rings is 1. The first-order chi connectivity index (χ1) is 15.6. The lowest BCUT2D eigenvalue weighted by atomic mass is 10.0. The SMILES string of the molecule is N#Cc1cc(NC(=O)/C=C/Cc2cnccc2/C(C=N)=C/N)ccc1CN1CCOCC1. The quantitative estimate of drug-likeness (QED) is 0.436. The van der Waals surface area contributed by atoms with Gasteiger partial charge in [-0.15, -0.1) is 0 Å². The van der Waals surface area contributed by atoms with Gasteiger partial charge in [0.25, 0.3) is 0 Å². The number of pyridine rings is 1. The maximum atomic E-state index is 12.3.